The highest BCUT2D eigenvalue weighted by Crippen LogP contribution is 2.12. The third kappa shape index (κ3) is 3.62. The van der Waals surface area contributed by atoms with E-state index >= 15 is 0 Å². The Hall–Kier alpha value is -1.29. The number of hydrogen-bond acceptors (Lipinski definition) is 3. The van der Waals surface area contributed by atoms with Crippen LogP contribution < -0.4 is 4.74 Å². The highest BCUT2D eigenvalue weighted by Gasteiger charge is 1.94. The van der Waals surface area contributed by atoms with Crippen LogP contribution in [0, 0.1) is 0 Å². The second-order valence-electron chi connectivity index (χ2n) is 2.91. The molecule has 0 aliphatic rings. The van der Waals surface area contributed by atoms with Gasteiger partial charge in [0.05, 0.1) is 7.11 Å². The summed E-state index contributed by atoms with van der Waals surface area (Å²) in [7, 11) is -1.47. The smallest absolute Gasteiger partial charge is 0.168 e. The normalized spacial score (nSPS) is 11.9. The maximum Gasteiger partial charge on any atom is 0.168 e. The highest BCUT2D eigenvalue weighted by atomic mass is 32.2. The maximum atomic E-state index is 10.8. The number of methoxy groups -OCH3 is 1. The van der Waals surface area contributed by atoms with E-state index in [1.54, 1.807) is 37.5 Å². The molecule has 0 aliphatic heterocycles. The molecule has 1 aromatic carbocycles. The van der Waals surface area contributed by atoms with Crippen LogP contribution in [-0.4, -0.2) is 21.8 Å². The lowest BCUT2D eigenvalue weighted by atomic mass is 10.2. The predicted molar refractivity (Wildman–Crippen MR) is 56.9 cm³/mol. The van der Waals surface area contributed by atoms with Crippen molar-refractivity contribution >= 4 is 15.9 Å². The predicted octanol–water partition coefficient (Wildman–Crippen LogP) is 1.71. The number of rotatable bonds is 3. The molecule has 0 radical (unpaired) electrons. The average molecular weight is 212 g/mol. The molecule has 0 atom stereocenters. The summed E-state index contributed by atoms with van der Waals surface area (Å²) >= 11 is 0. The fourth-order valence-corrected chi connectivity index (χ4v) is 1.32. The summed E-state index contributed by atoms with van der Waals surface area (Å²) in [6.07, 6.45) is 2.71. The molecule has 0 aromatic heterocycles. The molecule has 0 aliphatic carbocycles. The first-order valence-electron chi connectivity index (χ1n) is 4.03. The van der Waals surface area contributed by atoms with Gasteiger partial charge in [0.15, 0.2) is 9.84 Å². The first kappa shape index (κ1) is 10.8. The van der Waals surface area contributed by atoms with Gasteiger partial charge in [-0.05, 0) is 23.8 Å². The third-order valence-electron chi connectivity index (χ3n) is 1.62. The fourth-order valence-electron chi connectivity index (χ4n) is 0.917. The zero-order valence-electron chi connectivity index (χ0n) is 8.10. The SMILES string of the molecule is COc1ccc(/C=C/S(C)(=O)=O)cc1. The van der Waals surface area contributed by atoms with Gasteiger partial charge in [-0.2, -0.15) is 0 Å². The second kappa shape index (κ2) is 4.28. The molecule has 0 heterocycles. The summed E-state index contributed by atoms with van der Waals surface area (Å²) in [5.41, 5.74) is 0.830. The molecule has 0 amide bonds. The van der Waals surface area contributed by atoms with E-state index in [0.717, 1.165) is 17.6 Å². The minimum absolute atomic E-state index is 0.751. The molecule has 1 aromatic rings. The van der Waals surface area contributed by atoms with Gasteiger partial charge in [0.25, 0.3) is 0 Å². The van der Waals surface area contributed by atoms with Gasteiger partial charge in [-0.25, -0.2) is 8.42 Å². The molecule has 0 saturated carbocycles. The van der Waals surface area contributed by atoms with Gasteiger partial charge in [0.1, 0.15) is 5.75 Å². The Morgan fingerprint density at radius 2 is 1.79 bits per heavy atom. The molecular weight excluding hydrogens is 200 g/mol. The Morgan fingerprint density at radius 1 is 1.21 bits per heavy atom. The summed E-state index contributed by atoms with van der Waals surface area (Å²) in [5.74, 6) is 0.751. The van der Waals surface area contributed by atoms with E-state index in [4.69, 9.17) is 4.74 Å². The van der Waals surface area contributed by atoms with Gasteiger partial charge in [-0.15, -0.1) is 0 Å². The molecule has 4 heteroatoms. The van der Waals surface area contributed by atoms with Gasteiger partial charge in [-0.1, -0.05) is 12.1 Å². The van der Waals surface area contributed by atoms with Crippen LogP contribution in [0.2, 0.25) is 0 Å². The summed E-state index contributed by atoms with van der Waals surface area (Å²) in [4.78, 5) is 0. The van der Waals surface area contributed by atoms with E-state index in [-0.39, 0.29) is 0 Å². The van der Waals surface area contributed by atoms with Crippen LogP contribution >= 0.6 is 0 Å². The van der Waals surface area contributed by atoms with Crippen molar-refractivity contribution in [3.63, 3.8) is 0 Å². The van der Waals surface area contributed by atoms with Gasteiger partial charge >= 0.3 is 0 Å². The van der Waals surface area contributed by atoms with E-state index in [9.17, 15) is 8.42 Å². The number of ether oxygens (including phenoxy) is 1. The first-order valence-corrected chi connectivity index (χ1v) is 5.99. The minimum atomic E-state index is -3.05. The standard InChI is InChI=1S/C10H12O3S/c1-13-10-5-3-9(4-6-10)7-8-14(2,11)12/h3-8H,1-2H3/b8-7+. The van der Waals surface area contributed by atoms with Crippen LogP contribution in [0.25, 0.3) is 6.08 Å². The number of sulfone groups is 1. The van der Waals surface area contributed by atoms with Crippen molar-refractivity contribution < 1.29 is 13.2 Å². The van der Waals surface area contributed by atoms with Crippen molar-refractivity contribution in [2.45, 2.75) is 0 Å². The molecular formula is C10H12O3S. The van der Waals surface area contributed by atoms with Crippen LogP contribution in [0.3, 0.4) is 0 Å². The molecule has 3 nitrogen and oxygen atoms in total. The van der Waals surface area contributed by atoms with Crippen LogP contribution in [0.4, 0.5) is 0 Å². The van der Waals surface area contributed by atoms with E-state index in [1.165, 1.54) is 5.41 Å². The summed E-state index contributed by atoms with van der Waals surface area (Å²) in [6, 6.07) is 7.14. The summed E-state index contributed by atoms with van der Waals surface area (Å²) < 4.78 is 26.6. The Bertz CT molecular complexity index is 415. The first-order chi connectivity index (χ1) is 6.51. The van der Waals surface area contributed by atoms with Gasteiger partial charge in [0.2, 0.25) is 0 Å². The molecule has 14 heavy (non-hydrogen) atoms. The topological polar surface area (TPSA) is 43.4 Å². The second-order valence-corrected chi connectivity index (χ2v) is 4.84. The Morgan fingerprint density at radius 3 is 2.21 bits per heavy atom. The van der Waals surface area contributed by atoms with E-state index < -0.39 is 9.84 Å². The molecule has 0 unspecified atom stereocenters. The van der Waals surface area contributed by atoms with E-state index in [0.29, 0.717) is 0 Å². The van der Waals surface area contributed by atoms with Crippen LogP contribution in [0.15, 0.2) is 29.7 Å². The highest BCUT2D eigenvalue weighted by molar-refractivity contribution is 7.93. The number of benzene rings is 1. The quantitative estimate of drug-likeness (QED) is 0.766. The Balaban J connectivity index is 2.84. The molecule has 0 bridgehead atoms. The Labute approximate surface area is 83.9 Å². The Kier molecular flexibility index (Phi) is 3.30. The lowest BCUT2D eigenvalue weighted by Gasteiger charge is -1.98. The molecule has 0 saturated heterocycles. The van der Waals surface area contributed by atoms with Crippen molar-refractivity contribution in [2.75, 3.05) is 13.4 Å². The minimum Gasteiger partial charge on any atom is -0.497 e. The monoisotopic (exact) mass is 212 g/mol. The third-order valence-corrected chi connectivity index (χ3v) is 2.25. The zero-order valence-corrected chi connectivity index (χ0v) is 8.91. The van der Waals surface area contributed by atoms with Crippen molar-refractivity contribution in [1.29, 1.82) is 0 Å². The van der Waals surface area contributed by atoms with Gasteiger partial charge in [0, 0.05) is 11.7 Å². The molecule has 0 spiro atoms. The van der Waals surface area contributed by atoms with E-state index in [1.807, 2.05) is 0 Å². The maximum absolute atomic E-state index is 10.8. The van der Waals surface area contributed by atoms with Gasteiger partial charge in [-0.3, -0.25) is 0 Å². The largest absolute Gasteiger partial charge is 0.497 e. The molecule has 76 valence electrons. The number of hydrogen-bond donors (Lipinski definition) is 0. The van der Waals surface area contributed by atoms with Crippen molar-refractivity contribution in [1.82, 2.24) is 0 Å². The van der Waals surface area contributed by atoms with Crippen LogP contribution in [0.5, 0.6) is 5.75 Å². The fraction of sp³-hybridized carbons (Fsp3) is 0.200. The molecule has 0 N–H and O–H groups in total. The summed E-state index contributed by atoms with van der Waals surface area (Å²) in [6.45, 7) is 0. The summed E-state index contributed by atoms with van der Waals surface area (Å²) in [5, 5.41) is 1.18. The van der Waals surface area contributed by atoms with Crippen molar-refractivity contribution in [3.05, 3.63) is 35.2 Å². The molecule has 1 rings (SSSR count). The zero-order chi connectivity index (χ0) is 10.6. The molecule has 0 fully saturated rings. The van der Waals surface area contributed by atoms with Crippen LogP contribution in [-0.2, 0) is 9.84 Å². The van der Waals surface area contributed by atoms with Gasteiger partial charge < -0.3 is 4.74 Å². The lowest BCUT2D eigenvalue weighted by molar-refractivity contribution is 0.415. The lowest BCUT2D eigenvalue weighted by Crippen LogP contribution is -1.87. The average Bonchev–Trinajstić information content (AvgIpc) is 2.14. The van der Waals surface area contributed by atoms with Crippen LogP contribution in [0.1, 0.15) is 5.56 Å². The van der Waals surface area contributed by atoms with Crippen molar-refractivity contribution in [2.24, 2.45) is 0 Å². The van der Waals surface area contributed by atoms with E-state index in [2.05, 4.69) is 0 Å². The van der Waals surface area contributed by atoms with Crippen molar-refractivity contribution in [3.8, 4) is 5.75 Å².